The minimum atomic E-state index is -0.179. The number of nitrogens with zero attached hydrogens (tertiary/aromatic N) is 2. The largest absolute Gasteiger partial charge is 0.376 e. The molecule has 164 valence electrons. The second-order valence-electron chi connectivity index (χ2n) is 7.46. The van der Waals surface area contributed by atoms with Gasteiger partial charge in [0.15, 0.2) is 5.16 Å². The first-order valence-corrected chi connectivity index (χ1v) is 12.5. The van der Waals surface area contributed by atoms with E-state index in [-0.39, 0.29) is 23.3 Å². The van der Waals surface area contributed by atoms with Crippen LogP contribution in [-0.2, 0) is 22.5 Å². The zero-order chi connectivity index (χ0) is 22.0. The smallest absolute Gasteiger partial charge is 0.263 e. The minimum Gasteiger partial charge on any atom is -0.376 e. The Morgan fingerprint density at radius 1 is 1.45 bits per heavy atom. The van der Waals surface area contributed by atoms with Crippen molar-refractivity contribution in [3.8, 4) is 0 Å². The Bertz CT molecular complexity index is 1170. The van der Waals surface area contributed by atoms with Crippen LogP contribution < -0.4 is 10.9 Å². The average Bonchev–Trinajstić information content (AvgIpc) is 3.35. The van der Waals surface area contributed by atoms with Gasteiger partial charge in [-0.15, -0.1) is 11.3 Å². The summed E-state index contributed by atoms with van der Waals surface area (Å²) in [6, 6.07) is 7.02. The van der Waals surface area contributed by atoms with E-state index in [9.17, 15) is 9.59 Å². The van der Waals surface area contributed by atoms with E-state index in [4.69, 9.17) is 21.3 Å². The molecule has 9 heteroatoms. The van der Waals surface area contributed by atoms with Crippen LogP contribution in [0.1, 0.15) is 30.2 Å². The topological polar surface area (TPSA) is 73.2 Å². The molecule has 0 bridgehead atoms. The summed E-state index contributed by atoms with van der Waals surface area (Å²) in [4.78, 5) is 32.6. The molecule has 1 atom stereocenters. The number of fused-ring (bicyclic) bond motifs is 1. The van der Waals surface area contributed by atoms with Crippen LogP contribution in [-0.4, -0.2) is 33.9 Å². The van der Waals surface area contributed by atoms with Crippen molar-refractivity contribution in [1.82, 2.24) is 9.55 Å². The van der Waals surface area contributed by atoms with Crippen molar-refractivity contribution in [2.45, 2.75) is 50.9 Å². The van der Waals surface area contributed by atoms with Crippen LogP contribution >= 0.6 is 34.7 Å². The highest BCUT2D eigenvalue weighted by atomic mass is 35.5. The maximum Gasteiger partial charge on any atom is 0.263 e. The lowest BCUT2D eigenvalue weighted by molar-refractivity contribution is -0.113. The summed E-state index contributed by atoms with van der Waals surface area (Å²) in [5, 5.41) is 4.65. The van der Waals surface area contributed by atoms with Gasteiger partial charge in [-0.2, -0.15) is 0 Å². The first-order valence-electron chi connectivity index (χ1n) is 10.3. The highest BCUT2D eigenvalue weighted by molar-refractivity contribution is 7.99. The Labute approximate surface area is 194 Å². The van der Waals surface area contributed by atoms with Crippen molar-refractivity contribution in [2.75, 3.05) is 17.7 Å². The molecule has 1 fully saturated rings. The number of hydrogen-bond acceptors (Lipinski definition) is 6. The Hall–Kier alpha value is -1.87. The summed E-state index contributed by atoms with van der Waals surface area (Å²) < 4.78 is 7.47. The maximum absolute atomic E-state index is 13.4. The molecule has 6 nitrogen and oxygen atoms in total. The summed E-state index contributed by atoms with van der Waals surface area (Å²) in [7, 11) is 0. The lowest BCUT2D eigenvalue weighted by Gasteiger charge is -2.16. The van der Waals surface area contributed by atoms with E-state index in [1.165, 1.54) is 23.1 Å². The Morgan fingerprint density at radius 2 is 2.29 bits per heavy atom. The Morgan fingerprint density at radius 3 is 3.00 bits per heavy atom. The van der Waals surface area contributed by atoms with Crippen LogP contribution in [0.25, 0.3) is 10.2 Å². The number of nitrogens with one attached hydrogen (secondary N) is 1. The van der Waals surface area contributed by atoms with Gasteiger partial charge in [0, 0.05) is 22.2 Å². The number of thioether (sulfide) groups is 1. The number of halogens is 1. The zero-order valence-electron chi connectivity index (χ0n) is 17.4. The lowest BCUT2D eigenvalue weighted by Crippen LogP contribution is -2.29. The molecule has 1 amide bonds. The summed E-state index contributed by atoms with van der Waals surface area (Å²) in [6.07, 6.45) is 2.71. The van der Waals surface area contributed by atoms with E-state index in [0.717, 1.165) is 41.1 Å². The predicted octanol–water partition coefficient (Wildman–Crippen LogP) is 4.89. The van der Waals surface area contributed by atoms with Crippen molar-refractivity contribution in [3.63, 3.8) is 0 Å². The standard InChI is InChI=1S/C22H24ClN3O3S2/c1-3-17-13(2)31-20-19(17)21(28)26(11-16-8-5-9-29-16)22(25-20)30-12-18(27)24-15-7-4-6-14(23)10-15/h4,6-7,10,16H,3,5,8-9,11-12H2,1-2H3,(H,24,27). The molecule has 0 spiro atoms. The van der Waals surface area contributed by atoms with Crippen molar-refractivity contribution in [1.29, 1.82) is 0 Å². The summed E-state index contributed by atoms with van der Waals surface area (Å²) in [5.74, 6) is -0.0390. The van der Waals surface area contributed by atoms with E-state index in [0.29, 0.717) is 27.8 Å². The van der Waals surface area contributed by atoms with E-state index in [1.54, 1.807) is 28.8 Å². The van der Waals surface area contributed by atoms with Gasteiger partial charge in [0.05, 0.1) is 23.8 Å². The molecule has 1 aliphatic heterocycles. The molecular weight excluding hydrogens is 454 g/mol. The van der Waals surface area contributed by atoms with Gasteiger partial charge in [-0.1, -0.05) is 36.4 Å². The number of hydrogen-bond donors (Lipinski definition) is 1. The Kier molecular flexibility index (Phi) is 7.01. The molecule has 0 radical (unpaired) electrons. The monoisotopic (exact) mass is 477 g/mol. The number of carbonyl (C=O) groups is 1. The number of rotatable bonds is 7. The van der Waals surface area contributed by atoms with Crippen LogP contribution in [0.15, 0.2) is 34.2 Å². The highest BCUT2D eigenvalue weighted by Crippen LogP contribution is 2.30. The van der Waals surface area contributed by atoms with E-state index in [1.807, 2.05) is 6.92 Å². The van der Waals surface area contributed by atoms with Crippen molar-refractivity contribution in [2.24, 2.45) is 0 Å². The number of benzene rings is 1. The van der Waals surface area contributed by atoms with Gasteiger partial charge >= 0.3 is 0 Å². The van der Waals surface area contributed by atoms with Crippen LogP contribution in [0, 0.1) is 6.92 Å². The van der Waals surface area contributed by atoms with Gasteiger partial charge in [0.2, 0.25) is 5.91 Å². The molecule has 1 saturated heterocycles. The molecule has 0 aliphatic carbocycles. The Balaban J connectivity index is 1.61. The third kappa shape index (κ3) is 4.98. The molecule has 2 aromatic heterocycles. The second kappa shape index (κ2) is 9.73. The fraction of sp³-hybridized carbons (Fsp3) is 0.409. The predicted molar refractivity (Wildman–Crippen MR) is 128 cm³/mol. The van der Waals surface area contributed by atoms with Gasteiger partial charge < -0.3 is 10.1 Å². The summed E-state index contributed by atoms with van der Waals surface area (Å²) >= 11 is 8.80. The van der Waals surface area contributed by atoms with Crippen LogP contribution in [0.2, 0.25) is 5.02 Å². The number of ether oxygens (including phenoxy) is 1. The van der Waals surface area contributed by atoms with Gasteiger partial charge in [-0.25, -0.2) is 4.98 Å². The maximum atomic E-state index is 13.4. The van der Waals surface area contributed by atoms with Crippen LogP contribution in [0.4, 0.5) is 5.69 Å². The summed E-state index contributed by atoms with van der Waals surface area (Å²) in [6.45, 7) is 5.26. The fourth-order valence-corrected chi connectivity index (χ4v) is 5.97. The molecule has 1 N–H and O–H groups in total. The first-order chi connectivity index (χ1) is 15.0. The first kappa shape index (κ1) is 22.3. The number of carbonyl (C=O) groups excluding carboxylic acids is 1. The molecule has 31 heavy (non-hydrogen) atoms. The van der Waals surface area contributed by atoms with E-state index in [2.05, 4.69) is 12.2 Å². The zero-order valence-corrected chi connectivity index (χ0v) is 19.8. The fourth-order valence-electron chi connectivity index (χ4n) is 3.81. The third-order valence-corrected chi connectivity index (χ3v) is 7.53. The van der Waals surface area contributed by atoms with E-state index >= 15 is 0 Å². The van der Waals surface area contributed by atoms with Gasteiger partial charge in [0.25, 0.3) is 5.56 Å². The molecule has 3 aromatic rings. The van der Waals surface area contributed by atoms with Gasteiger partial charge in [0.1, 0.15) is 4.83 Å². The van der Waals surface area contributed by atoms with Crippen molar-refractivity contribution < 1.29 is 9.53 Å². The average molecular weight is 478 g/mol. The van der Waals surface area contributed by atoms with Crippen LogP contribution in [0.5, 0.6) is 0 Å². The van der Waals surface area contributed by atoms with Crippen molar-refractivity contribution >= 4 is 56.5 Å². The molecule has 1 unspecified atom stereocenters. The van der Waals surface area contributed by atoms with Crippen LogP contribution in [0.3, 0.4) is 0 Å². The number of anilines is 1. The van der Waals surface area contributed by atoms with E-state index < -0.39 is 0 Å². The molecule has 4 rings (SSSR count). The normalized spacial score (nSPS) is 16.2. The molecule has 0 saturated carbocycles. The quantitative estimate of drug-likeness (QED) is 0.387. The lowest BCUT2D eigenvalue weighted by atomic mass is 10.1. The van der Waals surface area contributed by atoms with Gasteiger partial charge in [-0.3, -0.25) is 14.2 Å². The molecular formula is C22H24ClN3O3S2. The molecule has 1 aliphatic rings. The molecule has 1 aromatic carbocycles. The van der Waals surface area contributed by atoms with Gasteiger partial charge in [-0.05, 0) is 49.9 Å². The second-order valence-corrected chi connectivity index (χ2v) is 10.0. The molecule has 3 heterocycles. The van der Waals surface area contributed by atoms with Crippen molar-refractivity contribution in [3.05, 3.63) is 50.1 Å². The third-order valence-electron chi connectivity index (χ3n) is 5.28. The number of aromatic nitrogens is 2. The SMILES string of the molecule is CCc1c(C)sc2nc(SCC(=O)Nc3cccc(Cl)c3)n(CC3CCCO3)c(=O)c12. The number of amides is 1. The highest BCUT2D eigenvalue weighted by Gasteiger charge is 2.23. The minimum absolute atomic E-state index is 0.00129. The summed E-state index contributed by atoms with van der Waals surface area (Å²) in [5.41, 5.74) is 1.66. The number of aryl methyl sites for hydroxylation is 2. The number of thiophene rings is 1.